The molecule has 2 aromatic heterocycles. The van der Waals surface area contributed by atoms with Crippen molar-refractivity contribution in [3.8, 4) is 0 Å². The van der Waals surface area contributed by atoms with Gasteiger partial charge in [0.2, 0.25) is 0 Å². The third kappa shape index (κ3) is 2.17. The first-order valence-corrected chi connectivity index (χ1v) is 7.28. The second-order valence-electron chi connectivity index (χ2n) is 4.90. The molecule has 0 aliphatic carbocycles. The number of thiophene rings is 1. The topological polar surface area (TPSA) is 107 Å². The standard InChI is InChI=1S/C13H15N5O2S/c1-7(19)11-10(14)9(12(15)20)13(21-11)18-5-4-17-3-2-16-8(17)6-18/h2-3H,4-6,14H2,1H3,(H2,15,20). The Morgan fingerprint density at radius 2 is 2.14 bits per heavy atom. The molecule has 8 heteroatoms. The first-order valence-electron chi connectivity index (χ1n) is 6.47. The van der Waals surface area contributed by atoms with E-state index in [0.29, 0.717) is 23.0 Å². The second-order valence-corrected chi connectivity index (χ2v) is 5.90. The molecule has 0 saturated carbocycles. The Balaban J connectivity index is 2.05. The molecule has 0 fully saturated rings. The fraction of sp³-hybridized carbons (Fsp3) is 0.308. The largest absolute Gasteiger partial charge is 0.397 e. The number of carbonyl (C=O) groups is 2. The number of rotatable bonds is 3. The van der Waals surface area contributed by atoms with Crippen molar-refractivity contribution in [1.29, 1.82) is 0 Å². The molecule has 0 spiro atoms. The van der Waals surface area contributed by atoms with Gasteiger partial charge in [0.25, 0.3) is 5.91 Å². The summed E-state index contributed by atoms with van der Waals surface area (Å²) in [6.45, 7) is 3.46. The maximum Gasteiger partial charge on any atom is 0.253 e. The lowest BCUT2D eigenvalue weighted by Crippen LogP contribution is -2.34. The minimum Gasteiger partial charge on any atom is -0.397 e. The van der Waals surface area contributed by atoms with E-state index in [1.54, 1.807) is 6.20 Å². The predicted molar refractivity (Wildman–Crippen MR) is 80.5 cm³/mol. The summed E-state index contributed by atoms with van der Waals surface area (Å²) >= 11 is 1.22. The van der Waals surface area contributed by atoms with Crippen LogP contribution in [0.4, 0.5) is 10.7 Å². The van der Waals surface area contributed by atoms with E-state index in [9.17, 15) is 9.59 Å². The van der Waals surface area contributed by atoms with Gasteiger partial charge < -0.3 is 20.9 Å². The van der Waals surface area contributed by atoms with Gasteiger partial charge in [0, 0.05) is 32.4 Å². The zero-order chi connectivity index (χ0) is 15.1. The van der Waals surface area contributed by atoms with Gasteiger partial charge in [-0.2, -0.15) is 0 Å². The Hall–Kier alpha value is -2.35. The molecule has 0 radical (unpaired) electrons. The Morgan fingerprint density at radius 3 is 2.81 bits per heavy atom. The van der Waals surface area contributed by atoms with Crippen LogP contribution in [0.1, 0.15) is 32.8 Å². The molecule has 0 saturated heterocycles. The van der Waals surface area contributed by atoms with E-state index in [1.807, 2.05) is 11.1 Å². The molecular formula is C13H15N5O2S. The van der Waals surface area contributed by atoms with Crippen molar-refractivity contribution in [3.63, 3.8) is 0 Å². The quantitative estimate of drug-likeness (QED) is 0.817. The van der Waals surface area contributed by atoms with Gasteiger partial charge in [-0.15, -0.1) is 11.3 Å². The molecule has 4 N–H and O–H groups in total. The van der Waals surface area contributed by atoms with E-state index in [1.165, 1.54) is 18.3 Å². The highest BCUT2D eigenvalue weighted by atomic mass is 32.1. The van der Waals surface area contributed by atoms with Crippen molar-refractivity contribution in [2.24, 2.45) is 5.73 Å². The number of Topliss-reactive ketones (excluding diaryl/α,β-unsaturated/α-hetero) is 1. The zero-order valence-electron chi connectivity index (χ0n) is 11.5. The van der Waals surface area contributed by atoms with Gasteiger partial charge in [-0.25, -0.2) is 4.98 Å². The van der Waals surface area contributed by atoms with Crippen LogP contribution in [0.2, 0.25) is 0 Å². The SMILES string of the molecule is CC(=O)c1sc(N2CCn3ccnc3C2)c(C(N)=O)c1N. The molecule has 21 heavy (non-hydrogen) atoms. The Bertz CT molecular complexity index is 733. The van der Waals surface area contributed by atoms with Crippen molar-refractivity contribution in [2.75, 3.05) is 17.2 Å². The van der Waals surface area contributed by atoms with Crippen LogP contribution in [0.3, 0.4) is 0 Å². The van der Waals surface area contributed by atoms with Crippen LogP contribution in [-0.2, 0) is 13.1 Å². The molecule has 0 atom stereocenters. The van der Waals surface area contributed by atoms with E-state index in [0.717, 1.165) is 12.4 Å². The molecule has 0 aromatic carbocycles. The highest BCUT2D eigenvalue weighted by molar-refractivity contribution is 7.19. The van der Waals surface area contributed by atoms with Crippen molar-refractivity contribution in [3.05, 3.63) is 28.7 Å². The van der Waals surface area contributed by atoms with Crippen LogP contribution in [-0.4, -0.2) is 27.8 Å². The second kappa shape index (κ2) is 4.88. The number of nitrogen functional groups attached to an aromatic ring is 1. The molecule has 0 unspecified atom stereocenters. The summed E-state index contributed by atoms with van der Waals surface area (Å²) in [7, 11) is 0. The maximum atomic E-state index is 11.7. The van der Waals surface area contributed by atoms with Crippen LogP contribution >= 0.6 is 11.3 Å². The van der Waals surface area contributed by atoms with Crippen molar-refractivity contribution in [1.82, 2.24) is 9.55 Å². The maximum absolute atomic E-state index is 11.7. The number of nitrogens with two attached hydrogens (primary N) is 2. The zero-order valence-corrected chi connectivity index (χ0v) is 12.3. The Labute approximate surface area is 125 Å². The van der Waals surface area contributed by atoms with Gasteiger partial charge in [-0.05, 0) is 0 Å². The number of imidazole rings is 1. The van der Waals surface area contributed by atoms with Crippen LogP contribution in [0.15, 0.2) is 12.4 Å². The first kappa shape index (κ1) is 13.6. The molecule has 3 rings (SSSR count). The lowest BCUT2D eigenvalue weighted by atomic mass is 10.2. The molecule has 2 aromatic rings. The summed E-state index contributed by atoms with van der Waals surface area (Å²) in [5.74, 6) is 0.137. The van der Waals surface area contributed by atoms with Gasteiger partial charge >= 0.3 is 0 Å². The number of hydrogen-bond donors (Lipinski definition) is 2. The lowest BCUT2D eigenvalue weighted by Gasteiger charge is -2.28. The third-order valence-corrected chi connectivity index (χ3v) is 4.89. The van der Waals surface area contributed by atoms with E-state index in [2.05, 4.69) is 9.55 Å². The fourth-order valence-corrected chi connectivity index (χ4v) is 3.65. The summed E-state index contributed by atoms with van der Waals surface area (Å²) in [6, 6.07) is 0. The Kier molecular flexibility index (Phi) is 3.17. The summed E-state index contributed by atoms with van der Waals surface area (Å²) in [4.78, 5) is 30.0. The van der Waals surface area contributed by atoms with Crippen LogP contribution < -0.4 is 16.4 Å². The monoisotopic (exact) mass is 305 g/mol. The average molecular weight is 305 g/mol. The number of hydrogen-bond acceptors (Lipinski definition) is 6. The van der Waals surface area contributed by atoms with Crippen LogP contribution in [0.5, 0.6) is 0 Å². The third-order valence-electron chi connectivity index (χ3n) is 3.52. The van der Waals surface area contributed by atoms with Crippen LogP contribution in [0, 0.1) is 0 Å². The number of ketones is 1. The van der Waals surface area contributed by atoms with Gasteiger partial charge in [0.05, 0.1) is 22.7 Å². The van der Waals surface area contributed by atoms with E-state index in [4.69, 9.17) is 11.5 Å². The van der Waals surface area contributed by atoms with Gasteiger partial charge in [-0.1, -0.05) is 0 Å². The highest BCUT2D eigenvalue weighted by Gasteiger charge is 2.28. The molecular weight excluding hydrogens is 290 g/mol. The molecule has 1 amide bonds. The molecule has 1 aliphatic heterocycles. The number of anilines is 2. The number of amides is 1. The van der Waals surface area contributed by atoms with Gasteiger partial charge in [0.15, 0.2) is 5.78 Å². The minimum atomic E-state index is -0.611. The molecule has 1 aliphatic rings. The Morgan fingerprint density at radius 1 is 1.38 bits per heavy atom. The van der Waals surface area contributed by atoms with Crippen molar-refractivity contribution in [2.45, 2.75) is 20.0 Å². The first-order chi connectivity index (χ1) is 9.99. The van der Waals surface area contributed by atoms with Crippen molar-refractivity contribution < 1.29 is 9.59 Å². The number of aromatic nitrogens is 2. The van der Waals surface area contributed by atoms with Gasteiger partial charge in [-0.3, -0.25) is 9.59 Å². The highest BCUT2D eigenvalue weighted by Crippen LogP contribution is 2.39. The number of nitrogens with zero attached hydrogens (tertiary/aromatic N) is 3. The molecule has 110 valence electrons. The number of carbonyl (C=O) groups excluding carboxylic acids is 2. The van der Waals surface area contributed by atoms with Gasteiger partial charge in [0.1, 0.15) is 10.8 Å². The molecule has 7 nitrogen and oxygen atoms in total. The summed E-state index contributed by atoms with van der Waals surface area (Å²) in [5.41, 5.74) is 11.8. The lowest BCUT2D eigenvalue weighted by molar-refractivity contribution is 0.100. The summed E-state index contributed by atoms with van der Waals surface area (Å²) < 4.78 is 2.06. The number of primary amides is 1. The summed E-state index contributed by atoms with van der Waals surface area (Å²) in [5, 5.41) is 0.652. The van der Waals surface area contributed by atoms with E-state index < -0.39 is 5.91 Å². The predicted octanol–water partition coefficient (Wildman–Crippen LogP) is 0.849. The molecule has 0 bridgehead atoms. The summed E-state index contributed by atoms with van der Waals surface area (Å²) in [6.07, 6.45) is 3.67. The molecule has 3 heterocycles. The minimum absolute atomic E-state index is 0.162. The average Bonchev–Trinajstić information content (AvgIpc) is 3.01. The number of fused-ring (bicyclic) bond motifs is 1. The fourth-order valence-electron chi connectivity index (χ4n) is 2.50. The van der Waals surface area contributed by atoms with E-state index in [-0.39, 0.29) is 17.0 Å². The normalized spacial score (nSPS) is 14.0. The smallest absolute Gasteiger partial charge is 0.253 e. The van der Waals surface area contributed by atoms with Crippen molar-refractivity contribution >= 4 is 33.7 Å². The van der Waals surface area contributed by atoms with E-state index >= 15 is 0 Å². The van der Waals surface area contributed by atoms with Crippen LogP contribution in [0.25, 0.3) is 0 Å².